The van der Waals surface area contributed by atoms with E-state index in [0.717, 1.165) is 6.54 Å². The van der Waals surface area contributed by atoms with Crippen molar-refractivity contribution < 1.29 is 5.11 Å². The van der Waals surface area contributed by atoms with E-state index in [0.29, 0.717) is 0 Å². The van der Waals surface area contributed by atoms with Crippen molar-refractivity contribution in [3.63, 3.8) is 0 Å². The first-order chi connectivity index (χ1) is 11.1. The number of rotatable bonds is 15. The van der Waals surface area contributed by atoms with Gasteiger partial charge in [-0.3, -0.25) is 0 Å². The summed E-state index contributed by atoms with van der Waals surface area (Å²) in [5.41, 5.74) is 10.0. The van der Waals surface area contributed by atoms with Crippen LogP contribution in [0.5, 0.6) is 0 Å². The van der Waals surface area contributed by atoms with Gasteiger partial charge in [-0.05, 0) is 38.6 Å². The van der Waals surface area contributed by atoms with Gasteiger partial charge in [-0.15, -0.1) is 0 Å². The molecule has 4 heteroatoms. The van der Waals surface area contributed by atoms with E-state index in [4.69, 9.17) is 10.8 Å². The molecule has 3 nitrogen and oxygen atoms in total. The van der Waals surface area contributed by atoms with Crippen LogP contribution in [0.1, 0.15) is 96.8 Å². The third kappa shape index (κ3) is 34.2. The van der Waals surface area contributed by atoms with E-state index in [-0.39, 0.29) is 4.73 Å². The van der Waals surface area contributed by atoms with Gasteiger partial charge in [0, 0.05) is 0 Å². The van der Waals surface area contributed by atoms with Gasteiger partial charge in [0.2, 0.25) is 0 Å². The number of hydrogen-bond acceptors (Lipinski definition) is 3. The van der Waals surface area contributed by atoms with Crippen molar-refractivity contribution in [2.75, 3.05) is 6.54 Å². The molecule has 5 N–H and O–H groups in total. The van der Waals surface area contributed by atoms with Gasteiger partial charge >= 0.3 is 31.1 Å². The van der Waals surface area contributed by atoms with E-state index in [1.54, 1.807) is 0 Å². The van der Waals surface area contributed by atoms with E-state index in [2.05, 4.69) is 40.4 Å². The Morgan fingerprint density at radius 3 is 1.52 bits per heavy atom. The number of nitrogens with two attached hydrogens (primary N) is 2. The summed E-state index contributed by atoms with van der Waals surface area (Å²) in [4.78, 5) is 0. The van der Waals surface area contributed by atoms with Crippen molar-refractivity contribution in [2.24, 2.45) is 11.5 Å². The van der Waals surface area contributed by atoms with E-state index in [1.165, 1.54) is 89.9 Å². The molecule has 138 valence electrons. The third-order valence-electron chi connectivity index (χ3n) is 3.72. The van der Waals surface area contributed by atoms with Crippen LogP contribution in [-0.2, 0) is 0 Å². The van der Waals surface area contributed by atoms with Crippen molar-refractivity contribution in [1.82, 2.24) is 0 Å². The second-order valence-electron chi connectivity index (χ2n) is 6.06. The number of allylic oxidation sites excluding steroid dienone is 2. The summed E-state index contributed by atoms with van der Waals surface area (Å²) < 4.78 is -0.208. The first kappa shape index (κ1) is 24.9. The summed E-state index contributed by atoms with van der Waals surface area (Å²) in [6, 6.07) is 0. The molecule has 0 amide bonds. The first-order valence-electron chi connectivity index (χ1n) is 9.48. The minimum absolute atomic E-state index is 0.208. The van der Waals surface area contributed by atoms with Gasteiger partial charge in [-0.25, -0.2) is 0 Å². The zero-order valence-corrected chi connectivity index (χ0v) is 17.0. The first-order valence-corrected chi connectivity index (χ1v) is 10.3. The van der Waals surface area contributed by atoms with Crippen LogP contribution in [0.2, 0.25) is 0 Å². The normalized spacial score (nSPS) is 10.5. The monoisotopic (exact) mass is 392 g/mol. The van der Waals surface area contributed by atoms with E-state index in [1.807, 2.05) is 0 Å². The molecule has 0 heterocycles. The zero-order valence-electron chi connectivity index (χ0n) is 15.3. The molecule has 0 unspecified atom stereocenters. The van der Waals surface area contributed by atoms with Crippen LogP contribution >= 0.6 is 0 Å². The molecule has 0 aromatic rings. The second-order valence-corrected chi connectivity index (χ2v) is 6.94. The fourth-order valence-electron chi connectivity index (χ4n) is 2.39. The summed E-state index contributed by atoms with van der Waals surface area (Å²) in [7, 11) is 0. The fraction of sp³-hybridized carbons (Fsp3) is 0.842. The summed E-state index contributed by atoms with van der Waals surface area (Å²) in [5, 5.41) is 7.69. The number of aliphatic hydroxyl groups is 1. The molecule has 23 heavy (non-hydrogen) atoms. The van der Waals surface area contributed by atoms with Crippen LogP contribution in [0, 0.1) is 0 Å². The standard InChI is InChI=1S/C18H37N.CH3NOSe/c1-2-3-4-5-6-7-8-9-10-11-12-13-14-15-16-17-18-19;2-1(3)4/h9-10H,2-8,11-19H2,1H3;(H3,2,3,4)/b10-9-;. The fourth-order valence-corrected chi connectivity index (χ4v) is 2.39. The summed E-state index contributed by atoms with van der Waals surface area (Å²) in [6.07, 6.45) is 23.9. The average Bonchev–Trinajstić information content (AvgIpc) is 2.50. The Bertz CT molecular complexity index is 254. The molecule has 0 aliphatic carbocycles. The molecule has 0 saturated heterocycles. The Balaban J connectivity index is 0. The van der Waals surface area contributed by atoms with Gasteiger partial charge in [0.1, 0.15) is 0 Å². The molecule has 0 rings (SSSR count). The zero-order chi connectivity index (χ0) is 17.6. The molecule has 0 spiro atoms. The molecule has 0 radical (unpaired) electrons. The molecular weight excluding hydrogens is 351 g/mol. The van der Waals surface area contributed by atoms with E-state index in [9.17, 15) is 0 Å². The molecule has 0 atom stereocenters. The Hall–Kier alpha value is -0.311. The van der Waals surface area contributed by atoms with Crippen LogP contribution in [0.15, 0.2) is 12.2 Å². The Morgan fingerprint density at radius 1 is 0.783 bits per heavy atom. The van der Waals surface area contributed by atoms with E-state index < -0.39 is 0 Å². The SMILES string of the molecule is CCCCCCCC/C=C\CCCCCCCCN.NC(O)=[Se]. The third-order valence-corrected chi connectivity index (χ3v) is 3.72. The molecule has 0 fully saturated rings. The van der Waals surface area contributed by atoms with Crippen LogP contribution in [0.4, 0.5) is 0 Å². The van der Waals surface area contributed by atoms with Gasteiger partial charge in [-0.2, -0.15) is 0 Å². The van der Waals surface area contributed by atoms with Crippen molar-refractivity contribution in [1.29, 1.82) is 0 Å². The van der Waals surface area contributed by atoms with Crippen molar-refractivity contribution in [3.05, 3.63) is 12.2 Å². The maximum atomic E-state index is 7.69. The van der Waals surface area contributed by atoms with E-state index >= 15 is 0 Å². The number of hydrogen-bond donors (Lipinski definition) is 3. The summed E-state index contributed by atoms with van der Waals surface area (Å²) in [5.74, 6) is 0. The van der Waals surface area contributed by atoms with Crippen LogP contribution < -0.4 is 11.5 Å². The molecule has 0 aromatic carbocycles. The van der Waals surface area contributed by atoms with Gasteiger partial charge in [0.15, 0.2) is 0 Å². The molecule has 0 aromatic heterocycles. The van der Waals surface area contributed by atoms with Crippen LogP contribution in [-0.4, -0.2) is 32.0 Å². The Kier molecular flexibility index (Phi) is 26.0. The van der Waals surface area contributed by atoms with Gasteiger partial charge in [-0.1, -0.05) is 76.9 Å². The quantitative estimate of drug-likeness (QED) is 0.218. The average molecular weight is 392 g/mol. The predicted molar refractivity (Wildman–Crippen MR) is 105 cm³/mol. The topological polar surface area (TPSA) is 72.3 Å². The second kappa shape index (κ2) is 23.9. The number of aliphatic hydroxyl groups excluding tert-OH is 1. The van der Waals surface area contributed by atoms with Gasteiger partial charge in [0.25, 0.3) is 0 Å². The van der Waals surface area contributed by atoms with Crippen molar-refractivity contribution >= 4 is 20.3 Å². The number of unbranched alkanes of at least 4 members (excludes halogenated alkanes) is 12. The molecular formula is C19H40N2OSe. The van der Waals surface area contributed by atoms with Crippen LogP contribution in [0.25, 0.3) is 0 Å². The predicted octanol–water partition coefficient (Wildman–Crippen LogP) is 4.56. The molecule has 0 bridgehead atoms. The van der Waals surface area contributed by atoms with Crippen molar-refractivity contribution in [3.8, 4) is 0 Å². The molecule has 0 aliphatic heterocycles. The molecule has 0 aliphatic rings. The summed E-state index contributed by atoms with van der Waals surface area (Å²) in [6.45, 7) is 3.14. The Labute approximate surface area is 152 Å². The molecule has 0 saturated carbocycles. The van der Waals surface area contributed by atoms with Crippen LogP contribution in [0.3, 0.4) is 0 Å². The minimum atomic E-state index is -0.208. The Morgan fingerprint density at radius 2 is 1.13 bits per heavy atom. The van der Waals surface area contributed by atoms with Gasteiger partial charge < -0.3 is 5.73 Å². The summed E-state index contributed by atoms with van der Waals surface area (Å²) >= 11 is 2.15. The maximum absolute atomic E-state index is 7.69. The van der Waals surface area contributed by atoms with Crippen molar-refractivity contribution in [2.45, 2.75) is 96.8 Å². The van der Waals surface area contributed by atoms with Gasteiger partial charge in [0.05, 0.1) is 0 Å².